The first kappa shape index (κ1) is 11.4. The molecule has 1 aromatic rings. The van der Waals surface area contributed by atoms with E-state index >= 15 is 0 Å². The number of carbonyl (C=O) groups excluding carboxylic acids is 1. The number of rotatable bonds is 6. The zero-order valence-electron chi connectivity index (χ0n) is 8.95. The van der Waals surface area contributed by atoms with Crippen LogP contribution in [0.5, 0.6) is 11.5 Å². The van der Waals surface area contributed by atoms with Crippen LogP contribution in [0, 0.1) is 0 Å². The summed E-state index contributed by atoms with van der Waals surface area (Å²) in [6.45, 7) is 0.590. The highest BCUT2D eigenvalue weighted by atomic mass is 16.5. The molecular weight excluding hydrogens is 194 g/mol. The third-order valence-corrected chi connectivity index (χ3v) is 2.11. The molecule has 1 N–H and O–H groups in total. The van der Waals surface area contributed by atoms with Crippen LogP contribution in [0.25, 0.3) is 0 Å². The molecule has 1 aromatic carbocycles. The van der Waals surface area contributed by atoms with Gasteiger partial charge in [-0.25, -0.2) is 0 Å². The van der Waals surface area contributed by atoms with Gasteiger partial charge < -0.3 is 14.8 Å². The molecule has 0 aliphatic heterocycles. The zero-order chi connectivity index (χ0) is 11.1. The minimum atomic E-state index is 0.590. The normalized spacial score (nSPS) is 9.47. The Balaban J connectivity index is 2.81. The van der Waals surface area contributed by atoms with Gasteiger partial charge in [-0.15, -0.1) is 0 Å². The van der Waals surface area contributed by atoms with Crippen LogP contribution in [0.3, 0.4) is 0 Å². The van der Waals surface area contributed by atoms with Crippen molar-refractivity contribution in [3.63, 3.8) is 0 Å². The molecule has 82 valence electrons. The molecule has 0 atom stereocenters. The van der Waals surface area contributed by atoms with Gasteiger partial charge in [0.05, 0.1) is 14.2 Å². The SMILES string of the molecule is COc1cccc(CCNC=O)c1OC. The first-order valence-electron chi connectivity index (χ1n) is 4.70. The van der Waals surface area contributed by atoms with E-state index in [1.165, 1.54) is 0 Å². The number of hydrogen-bond donors (Lipinski definition) is 1. The van der Waals surface area contributed by atoms with Gasteiger partial charge >= 0.3 is 0 Å². The van der Waals surface area contributed by atoms with E-state index < -0.39 is 0 Å². The molecule has 15 heavy (non-hydrogen) atoms. The molecule has 0 saturated heterocycles. The molecule has 0 aliphatic rings. The van der Waals surface area contributed by atoms with Crippen molar-refractivity contribution in [1.29, 1.82) is 0 Å². The smallest absolute Gasteiger partial charge is 0.207 e. The summed E-state index contributed by atoms with van der Waals surface area (Å²) in [6.07, 6.45) is 1.41. The maximum Gasteiger partial charge on any atom is 0.207 e. The number of methoxy groups -OCH3 is 2. The number of carbonyl (C=O) groups is 1. The third-order valence-electron chi connectivity index (χ3n) is 2.11. The van der Waals surface area contributed by atoms with Crippen molar-refractivity contribution in [3.05, 3.63) is 23.8 Å². The predicted octanol–water partition coefficient (Wildman–Crippen LogP) is 0.992. The highest BCUT2D eigenvalue weighted by Gasteiger charge is 2.08. The standard InChI is InChI=1S/C11H15NO3/c1-14-10-5-3-4-9(11(10)15-2)6-7-12-8-13/h3-5,8H,6-7H2,1-2H3,(H,12,13). The van der Waals surface area contributed by atoms with Gasteiger partial charge in [-0.05, 0) is 18.1 Å². The first-order chi connectivity index (χ1) is 7.33. The second-order valence-electron chi connectivity index (χ2n) is 2.97. The molecule has 0 radical (unpaired) electrons. The fraction of sp³-hybridized carbons (Fsp3) is 0.364. The second kappa shape index (κ2) is 5.90. The summed E-state index contributed by atoms with van der Waals surface area (Å²) in [5, 5.41) is 2.61. The Bertz CT molecular complexity index is 326. The van der Waals surface area contributed by atoms with Crippen molar-refractivity contribution in [3.8, 4) is 11.5 Å². The molecule has 1 rings (SSSR count). The number of para-hydroxylation sites is 1. The Morgan fingerprint density at radius 3 is 2.73 bits per heavy atom. The zero-order valence-corrected chi connectivity index (χ0v) is 8.95. The Morgan fingerprint density at radius 1 is 1.33 bits per heavy atom. The molecule has 0 fully saturated rings. The van der Waals surface area contributed by atoms with Crippen LogP contribution >= 0.6 is 0 Å². The molecule has 0 spiro atoms. The molecule has 4 heteroatoms. The van der Waals surface area contributed by atoms with Crippen LogP contribution in [0.15, 0.2) is 18.2 Å². The number of benzene rings is 1. The van der Waals surface area contributed by atoms with E-state index in [1.54, 1.807) is 14.2 Å². The van der Waals surface area contributed by atoms with Crippen LogP contribution in [0.2, 0.25) is 0 Å². The van der Waals surface area contributed by atoms with E-state index in [4.69, 9.17) is 9.47 Å². The van der Waals surface area contributed by atoms with Crippen LogP contribution in [-0.2, 0) is 11.2 Å². The van der Waals surface area contributed by atoms with Gasteiger partial charge in [0.15, 0.2) is 11.5 Å². The van der Waals surface area contributed by atoms with Crippen molar-refractivity contribution in [2.45, 2.75) is 6.42 Å². The highest BCUT2D eigenvalue weighted by molar-refractivity contribution is 5.48. The average molecular weight is 209 g/mol. The fourth-order valence-corrected chi connectivity index (χ4v) is 1.42. The van der Waals surface area contributed by atoms with Gasteiger partial charge in [0, 0.05) is 6.54 Å². The van der Waals surface area contributed by atoms with E-state index in [0.717, 1.165) is 17.7 Å². The molecular formula is C11H15NO3. The van der Waals surface area contributed by atoms with E-state index in [1.807, 2.05) is 18.2 Å². The molecule has 0 aromatic heterocycles. The summed E-state index contributed by atoms with van der Waals surface area (Å²) in [7, 11) is 3.21. The number of nitrogens with one attached hydrogen (secondary N) is 1. The van der Waals surface area contributed by atoms with Crippen LogP contribution in [0.4, 0.5) is 0 Å². The van der Waals surface area contributed by atoms with Crippen LogP contribution in [-0.4, -0.2) is 27.2 Å². The summed E-state index contributed by atoms with van der Waals surface area (Å²) in [4.78, 5) is 10.1. The minimum absolute atomic E-state index is 0.590. The molecule has 0 saturated carbocycles. The van der Waals surface area contributed by atoms with Gasteiger partial charge in [0.2, 0.25) is 6.41 Å². The predicted molar refractivity (Wildman–Crippen MR) is 57.3 cm³/mol. The van der Waals surface area contributed by atoms with Crippen molar-refractivity contribution in [2.24, 2.45) is 0 Å². The van der Waals surface area contributed by atoms with Crippen molar-refractivity contribution in [1.82, 2.24) is 5.32 Å². The van der Waals surface area contributed by atoms with Gasteiger partial charge in [-0.2, -0.15) is 0 Å². The first-order valence-corrected chi connectivity index (χ1v) is 4.70. The van der Waals surface area contributed by atoms with Gasteiger partial charge in [0.1, 0.15) is 0 Å². The topological polar surface area (TPSA) is 47.6 Å². The second-order valence-corrected chi connectivity index (χ2v) is 2.97. The molecule has 0 bridgehead atoms. The van der Waals surface area contributed by atoms with Crippen LogP contribution < -0.4 is 14.8 Å². The lowest BCUT2D eigenvalue weighted by Gasteiger charge is -2.11. The lowest BCUT2D eigenvalue weighted by Crippen LogP contribution is -2.14. The molecule has 1 amide bonds. The summed E-state index contributed by atoms with van der Waals surface area (Å²) in [5.41, 5.74) is 1.02. The summed E-state index contributed by atoms with van der Waals surface area (Å²) < 4.78 is 10.4. The van der Waals surface area contributed by atoms with E-state index in [0.29, 0.717) is 18.7 Å². The highest BCUT2D eigenvalue weighted by Crippen LogP contribution is 2.30. The monoisotopic (exact) mass is 209 g/mol. The van der Waals surface area contributed by atoms with E-state index in [-0.39, 0.29) is 0 Å². The van der Waals surface area contributed by atoms with Crippen molar-refractivity contribution >= 4 is 6.41 Å². The lowest BCUT2D eigenvalue weighted by atomic mass is 10.1. The third kappa shape index (κ3) is 2.87. The van der Waals surface area contributed by atoms with Gasteiger partial charge in [-0.3, -0.25) is 4.79 Å². The summed E-state index contributed by atoms with van der Waals surface area (Å²) in [5.74, 6) is 1.44. The number of amides is 1. The van der Waals surface area contributed by atoms with E-state index in [2.05, 4.69) is 5.32 Å². The molecule has 0 unspecified atom stereocenters. The Hall–Kier alpha value is -1.71. The number of hydrogen-bond acceptors (Lipinski definition) is 3. The Labute approximate surface area is 89.2 Å². The lowest BCUT2D eigenvalue weighted by molar-refractivity contribution is -0.109. The molecule has 4 nitrogen and oxygen atoms in total. The summed E-state index contributed by atoms with van der Waals surface area (Å²) in [6, 6.07) is 5.70. The van der Waals surface area contributed by atoms with Crippen molar-refractivity contribution < 1.29 is 14.3 Å². The largest absolute Gasteiger partial charge is 0.493 e. The number of ether oxygens (including phenoxy) is 2. The fourth-order valence-electron chi connectivity index (χ4n) is 1.42. The molecule has 0 heterocycles. The van der Waals surface area contributed by atoms with Crippen molar-refractivity contribution in [2.75, 3.05) is 20.8 Å². The molecule has 0 aliphatic carbocycles. The quantitative estimate of drug-likeness (QED) is 0.561. The van der Waals surface area contributed by atoms with Gasteiger partial charge in [-0.1, -0.05) is 12.1 Å². The Kier molecular flexibility index (Phi) is 4.47. The maximum absolute atomic E-state index is 10.1. The maximum atomic E-state index is 10.1. The van der Waals surface area contributed by atoms with Gasteiger partial charge in [0.25, 0.3) is 0 Å². The minimum Gasteiger partial charge on any atom is -0.493 e. The summed E-state index contributed by atoms with van der Waals surface area (Å²) >= 11 is 0. The Morgan fingerprint density at radius 2 is 2.13 bits per heavy atom. The van der Waals surface area contributed by atoms with E-state index in [9.17, 15) is 4.79 Å². The van der Waals surface area contributed by atoms with Crippen LogP contribution in [0.1, 0.15) is 5.56 Å². The average Bonchev–Trinajstić information content (AvgIpc) is 2.29.